The molecule has 1 aromatic carbocycles. The number of carbonyl (C=O) groups is 2. The molecular weight excluding hydrogens is 252 g/mol. The molecule has 0 saturated carbocycles. The van der Waals surface area contributed by atoms with Gasteiger partial charge in [0.25, 0.3) is 0 Å². The van der Waals surface area contributed by atoms with Crippen molar-refractivity contribution in [2.75, 3.05) is 5.01 Å². The topological polar surface area (TPSA) is 105 Å². The fourth-order valence-corrected chi connectivity index (χ4v) is 1.60. The molecule has 1 heterocycles. The molecule has 2 N–H and O–H groups in total. The molecule has 0 aromatic heterocycles. The van der Waals surface area contributed by atoms with Crippen LogP contribution in [-0.2, 0) is 4.79 Å². The maximum absolute atomic E-state index is 12.1. The molecule has 19 heavy (non-hydrogen) atoms. The fraction of sp³-hybridized carbons (Fsp3) is 0.0909. The summed E-state index contributed by atoms with van der Waals surface area (Å²) in [6, 6.07) is 6.06. The lowest BCUT2D eigenvalue weighted by atomic mass is 10.2. The summed E-state index contributed by atoms with van der Waals surface area (Å²) in [5.74, 6) is -0.845. The molecule has 2 rings (SSSR count). The monoisotopic (exact) mass is 262 g/mol. The third-order valence-corrected chi connectivity index (χ3v) is 2.43. The lowest BCUT2D eigenvalue weighted by Crippen LogP contribution is -2.53. The van der Waals surface area contributed by atoms with Crippen molar-refractivity contribution in [2.24, 2.45) is 0 Å². The van der Waals surface area contributed by atoms with Crippen molar-refractivity contribution < 1.29 is 14.6 Å². The van der Waals surface area contributed by atoms with Gasteiger partial charge in [-0.25, -0.2) is 14.9 Å². The first kappa shape index (κ1) is 12.6. The maximum Gasteiger partial charge on any atom is 0.319 e. The highest BCUT2D eigenvalue weighted by molar-refractivity contribution is 5.99. The number of hydrogen-bond acceptors (Lipinski definition) is 4. The first-order valence-corrected chi connectivity index (χ1v) is 5.36. The Balaban J connectivity index is 2.28. The first-order valence-electron chi connectivity index (χ1n) is 5.36. The normalized spacial score (nSPS) is 17.3. The van der Waals surface area contributed by atoms with Crippen LogP contribution in [0.2, 0.25) is 0 Å². The van der Waals surface area contributed by atoms with Gasteiger partial charge >= 0.3 is 11.9 Å². The van der Waals surface area contributed by atoms with E-state index in [1.807, 2.05) is 0 Å². The highest BCUT2D eigenvalue weighted by Gasteiger charge is 2.34. The van der Waals surface area contributed by atoms with E-state index in [1.54, 1.807) is 18.2 Å². The Morgan fingerprint density at radius 2 is 2.00 bits per heavy atom. The zero-order chi connectivity index (χ0) is 13.8. The number of benzene rings is 1. The van der Waals surface area contributed by atoms with Crippen LogP contribution in [0, 0.1) is 10.1 Å². The number of amides is 3. The van der Waals surface area contributed by atoms with Gasteiger partial charge in [-0.15, -0.1) is 0 Å². The van der Waals surface area contributed by atoms with E-state index in [4.69, 9.17) is 0 Å². The standard InChI is InChI=1S/C11H10N4O4/c16-10(9-6-7-12-11(17)13-9)14(15(18)19)8-4-2-1-3-5-8/h1-7,9H,(H2,12,13,17). The minimum absolute atomic E-state index is 0.124. The van der Waals surface area contributed by atoms with Crippen molar-refractivity contribution in [1.29, 1.82) is 0 Å². The molecule has 3 amide bonds. The maximum atomic E-state index is 12.1. The molecule has 0 bridgehead atoms. The SMILES string of the molecule is O=C1NC=CC(C(=O)N(c2ccccc2)[N+](=O)[O-])N1. The molecule has 1 aromatic rings. The van der Waals surface area contributed by atoms with Gasteiger partial charge in [-0.1, -0.05) is 18.2 Å². The number of rotatable bonds is 3. The Morgan fingerprint density at radius 3 is 2.58 bits per heavy atom. The average molecular weight is 262 g/mol. The Kier molecular flexibility index (Phi) is 3.42. The van der Waals surface area contributed by atoms with E-state index < -0.39 is 23.0 Å². The van der Waals surface area contributed by atoms with Crippen LogP contribution in [0.3, 0.4) is 0 Å². The molecule has 8 heteroatoms. The summed E-state index contributed by atoms with van der Waals surface area (Å²) in [5.41, 5.74) is 0.124. The van der Waals surface area contributed by atoms with Gasteiger partial charge < -0.3 is 10.6 Å². The molecule has 0 fully saturated rings. The Hall–Kier alpha value is -2.90. The minimum Gasteiger partial charge on any atom is -0.322 e. The quantitative estimate of drug-likeness (QED) is 0.607. The van der Waals surface area contributed by atoms with Gasteiger partial charge in [0.15, 0.2) is 5.03 Å². The van der Waals surface area contributed by atoms with Gasteiger partial charge in [-0.3, -0.25) is 4.79 Å². The summed E-state index contributed by atoms with van der Waals surface area (Å²) in [6.07, 6.45) is 2.60. The number of nitrogens with zero attached hydrogens (tertiary/aromatic N) is 2. The van der Waals surface area contributed by atoms with Crippen LogP contribution in [0.25, 0.3) is 0 Å². The van der Waals surface area contributed by atoms with Gasteiger partial charge in [-0.2, -0.15) is 0 Å². The van der Waals surface area contributed by atoms with Crippen molar-refractivity contribution in [3.63, 3.8) is 0 Å². The third kappa shape index (κ3) is 2.68. The summed E-state index contributed by atoms with van der Waals surface area (Å²) in [5, 5.41) is 15.2. The fourth-order valence-electron chi connectivity index (χ4n) is 1.60. The number of para-hydroxylation sites is 1. The summed E-state index contributed by atoms with van der Waals surface area (Å²) in [6.45, 7) is 0. The van der Waals surface area contributed by atoms with E-state index in [0.717, 1.165) is 0 Å². The summed E-state index contributed by atoms with van der Waals surface area (Å²) < 4.78 is 0. The largest absolute Gasteiger partial charge is 0.322 e. The van der Waals surface area contributed by atoms with E-state index in [2.05, 4.69) is 10.6 Å². The van der Waals surface area contributed by atoms with Crippen LogP contribution < -0.4 is 15.6 Å². The van der Waals surface area contributed by atoms with Gasteiger partial charge in [-0.05, 0) is 23.2 Å². The number of nitrogens with one attached hydrogen (secondary N) is 2. The predicted molar refractivity (Wildman–Crippen MR) is 65.5 cm³/mol. The lowest BCUT2D eigenvalue weighted by molar-refractivity contribution is -0.484. The van der Waals surface area contributed by atoms with Crippen LogP contribution in [0.1, 0.15) is 0 Å². The van der Waals surface area contributed by atoms with Crippen LogP contribution in [0.15, 0.2) is 42.6 Å². The summed E-state index contributed by atoms with van der Waals surface area (Å²) >= 11 is 0. The number of urea groups is 1. The molecule has 0 aliphatic carbocycles. The van der Waals surface area contributed by atoms with Crippen LogP contribution in [-0.4, -0.2) is 23.0 Å². The predicted octanol–water partition coefficient (Wildman–Crippen LogP) is 0.406. The van der Waals surface area contributed by atoms with Crippen LogP contribution in [0.5, 0.6) is 0 Å². The minimum atomic E-state index is -1.07. The highest BCUT2D eigenvalue weighted by atomic mass is 16.7. The molecule has 98 valence electrons. The molecule has 0 spiro atoms. The van der Waals surface area contributed by atoms with Crippen LogP contribution >= 0.6 is 0 Å². The lowest BCUT2D eigenvalue weighted by Gasteiger charge is -2.20. The molecule has 0 radical (unpaired) electrons. The smallest absolute Gasteiger partial charge is 0.319 e. The Labute approximate surface area is 107 Å². The molecule has 1 atom stereocenters. The molecule has 0 saturated heterocycles. The van der Waals surface area contributed by atoms with Crippen molar-refractivity contribution in [1.82, 2.24) is 10.6 Å². The van der Waals surface area contributed by atoms with Gasteiger partial charge in [0.2, 0.25) is 0 Å². The van der Waals surface area contributed by atoms with Crippen molar-refractivity contribution in [2.45, 2.75) is 6.04 Å². The zero-order valence-electron chi connectivity index (χ0n) is 9.65. The van der Waals surface area contributed by atoms with E-state index >= 15 is 0 Å². The van der Waals surface area contributed by atoms with E-state index in [-0.39, 0.29) is 5.69 Å². The Morgan fingerprint density at radius 1 is 1.32 bits per heavy atom. The van der Waals surface area contributed by atoms with Gasteiger partial charge in [0, 0.05) is 6.20 Å². The second kappa shape index (κ2) is 5.17. The molecule has 8 nitrogen and oxygen atoms in total. The van der Waals surface area contributed by atoms with Crippen LogP contribution in [0.4, 0.5) is 10.5 Å². The van der Waals surface area contributed by atoms with Gasteiger partial charge in [0.1, 0.15) is 11.7 Å². The molecule has 1 aliphatic rings. The van der Waals surface area contributed by atoms with Gasteiger partial charge in [0.05, 0.1) is 0 Å². The summed E-state index contributed by atoms with van der Waals surface area (Å²) in [4.78, 5) is 34.2. The molecule has 1 aliphatic heterocycles. The van der Waals surface area contributed by atoms with Crippen molar-refractivity contribution in [3.8, 4) is 0 Å². The van der Waals surface area contributed by atoms with Crippen molar-refractivity contribution >= 4 is 17.6 Å². The molecule has 1 unspecified atom stereocenters. The number of hydrogen-bond donors (Lipinski definition) is 2. The van der Waals surface area contributed by atoms with E-state index in [0.29, 0.717) is 5.01 Å². The third-order valence-electron chi connectivity index (χ3n) is 2.43. The number of nitro groups is 1. The zero-order valence-corrected chi connectivity index (χ0v) is 9.65. The average Bonchev–Trinajstić information content (AvgIpc) is 2.39. The van der Waals surface area contributed by atoms with E-state index in [1.165, 1.54) is 24.4 Å². The number of anilines is 1. The number of hydrazine groups is 1. The molecular formula is C11H10N4O4. The second-order valence-corrected chi connectivity index (χ2v) is 3.68. The second-order valence-electron chi connectivity index (χ2n) is 3.68. The van der Waals surface area contributed by atoms with Crippen molar-refractivity contribution in [3.05, 3.63) is 52.7 Å². The Bertz CT molecular complexity index is 543. The highest BCUT2D eigenvalue weighted by Crippen LogP contribution is 2.15. The van der Waals surface area contributed by atoms with E-state index in [9.17, 15) is 19.7 Å². The number of carbonyl (C=O) groups excluding carboxylic acids is 2. The first-order chi connectivity index (χ1) is 9.09. The summed E-state index contributed by atoms with van der Waals surface area (Å²) in [7, 11) is 0.